The zero-order valence-corrected chi connectivity index (χ0v) is 21.7. The number of amides is 2. The summed E-state index contributed by atoms with van der Waals surface area (Å²) in [7, 11) is 0. The van der Waals surface area contributed by atoms with E-state index < -0.39 is 0 Å². The van der Waals surface area contributed by atoms with Gasteiger partial charge in [-0.2, -0.15) is 0 Å². The largest absolute Gasteiger partial charge is 0.487 e. The van der Waals surface area contributed by atoms with Gasteiger partial charge in [0.15, 0.2) is 0 Å². The van der Waals surface area contributed by atoms with Crippen molar-refractivity contribution in [1.82, 2.24) is 15.3 Å². The lowest BCUT2D eigenvalue weighted by atomic mass is 10.2. The molecule has 1 aromatic heterocycles. The van der Waals surface area contributed by atoms with E-state index in [1.807, 2.05) is 0 Å². The first-order chi connectivity index (χ1) is 18.4. The molecule has 4 rings (SSSR count). The molecule has 196 valence electrons. The standard InChI is InChI=1S/C27H24Cl2FN5O3/c28-14-26(37)31-10-2-5-25(36)34-19-6-8-23-21(12-19)27(33-16-32-23)35-20-7-9-24(22(29)13-20)38-15-17-3-1-4-18(30)11-17/h1,3-4,6-9,11-13,16H,2,5,10,14-15H2,(H,31,37)(H,34,36)(H,32,33,35). The van der Waals surface area contributed by atoms with Crippen LogP contribution in [0.1, 0.15) is 18.4 Å². The fourth-order valence-electron chi connectivity index (χ4n) is 3.60. The number of nitrogens with one attached hydrogen (secondary N) is 3. The van der Waals surface area contributed by atoms with Crippen LogP contribution in [0.4, 0.5) is 21.6 Å². The number of rotatable bonds is 11. The Kier molecular flexibility index (Phi) is 9.29. The Morgan fingerprint density at radius 3 is 2.61 bits per heavy atom. The number of carbonyl (C=O) groups excluding carboxylic acids is 2. The van der Waals surface area contributed by atoms with Crippen LogP contribution >= 0.6 is 23.2 Å². The van der Waals surface area contributed by atoms with Gasteiger partial charge in [-0.15, -0.1) is 11.6 Å². The van der Waals surface area contributed by atoms with Gasteiger partial charge in [-0.3, -0.25) is 9.59 Å². The van der Waals surface area contributed by atoms with Crippen molar-refractivity contribution in [3.63, 3.8) is 0 Å². The summed E-state index contributed by atoms with van der Waals surface area (Å²) in [6.07, 6.45) is 2.17. The van der Waals surface area contributed by atoms with Crippen LogP contribution in [-0.4, -0.2) is 34.2 Å². The molecule has 0 spiro atoms. The Bertz CT molecular complexity index is 1450. The number of nitrogens with zero attached hydrogens (tertiary/aromatic N) is 2. The lowest BCUT2D eigenvalue weighted by Gasteiger charge is -2.13. The number of aromatic nitrogens is 2. The van der Waals surface area contributed by atoms with E-state index in [1.54, 1.807) is 48.5 Å². The van der Waals surface area contributed by atoms with E-state index in [4.69, 9.17) is 27.9 Å². The third kappa shape index (κ3) is 7.53. The topological polar surface area (TPSA) is 105 Å². The predicted molar refractivity (Wildman–Crippen MR) is 147 cm³/mol. The highest BCUT2D eigenvalue weighted by molar-refractivity contribution is 6.32. The van der Waals surface area contributed by atoms with Crippen molar-refractivity contribution in [1.29, 1.82) is 0 Å². The maximum absolute atomic E-state index is 13.4. The Hall–Kier alpha value is -3.95. The second kappa shape index (κ2) is 13.0. The highest BCUT2D eigenvalue weighted by Gasteiger charge is 2.10. The number of hydrogen-bond acceptors (Lipinski definition) is 6. The van der Waals surface area contributed by atoms with E-state index in [2.05, 4.69) is 25.9 Å². The highest BCUT2D eigenvalue weighted by Crippen LogP contribution is 2.31. The number of carbonyl (C=O) groups is 2. The van der Waals surface area contributed by atoms with Crippen molar-refractivity contribution in [2.45, 2.75) is 19.4 Å². The number of benzene rings is 3. The summed E-state index contributed by atoms with van der Waals surface area (Å²) in [5.74, 6) is 0.0956. The van der Waals surface area contributed by atoms with Crippen LogP contribution in [0.15, 0.2) is 67.0 Å². The van der Waals surface area contributed by atoms with Gasteiger partial charge in [0.05, 0.1) is 10.5 Å². The first kappa shape index (κ1) is 27.1. The number of anilines is 3. The van der Waals surface area contributed by atoms with Crippen LogP contribution in [0.3, 0.4) is 0 Å². The third-order valence-corrected chi connectivity index (χ3v) is 5.96. The van der Waals surface area contributed by atoms with E-state index in [1.165, 1.54) is 18.5 Å². The molecule has 3 N–H and O–H groups in total. The van der Waals surface area contributed by atoms with Gasteiger partial charge in [0, 0.05) is 29.7 Å². The van der Waals surface area contributed by atoms with Gasteiger partial charge >= 0.3 is 0 Å². The molecular weight excluding hydrogens is 532 g/mol. The second-order valence-electron chi connectivity index (χ2n) is 8.28. The fraction of sp³-hybridized carbons (Fsp3) is 0.185. The van der Waals surface area contributed by atoms with Crippen molar-refractivity contribution < 1.29 is 18.7 Å². The molecule has 0 unspecified atom stereocenters. The fourth-order valence-corrected chi connectivity index (χ4v) is 3.93. The minimum Gasteiger partial charge on any atom is -0.487 e. The molecule has 38 heavy (non-hydrogen) atoms. The van der Waals surface area contributed by atoms with Crippen molar-refractivity contribution in [3.8, 4) is 5.75 Å². The molecule has 0 saturated carbocycles. The van der Waals surface area contributed by atoms with Gasteiger partial charge in [0.1, 0.15) is 36.2 Å². The summed E-state index contributed by atoms with van der Waals surface area (Å²) in [4.78, 5) is 32.1. The van der Waals surface area contributed by atoms with Gasteiger partial charge in [-0.1, -0.05) is 23.7 Å². The van der Waals surface area contributed by atoms with Gasteiger partial charge in [0.2, 0.25) is 11.8 Å². The zero-order valence-electron chi connectivity index (χ0n) is 20.1. The smallest absolute Gasteiger partial charge is 0.234 e. The molecular formula is C27H24Cl2FN5O3. The molecule has 0 bridgehead atoms. The van der Waals surface area contributed by atoms with E-state index >= 15 is 0 Å². The zero-order chi connectivity index (χ0) is 26.9. The molecule has 0 aliphatic rings. The Morgan fingerprint density at radius 1 is 0.974 bits per heavy atom. The molecule has 4 aromatic rings. The van der Waals surface area contributed by atoms with Crippen molar-refractivity contribution in [2.24, 2.45) is 0 Å². The molecule has 0 aliphatic carbocycles. The Morgan fingerprint density at radius 2 is 1.82 bits per heavy atom. The predicted octanol–water partition coefficient (Wildman–Crippen LogP) is 5.82. The van der Waals surface area contributed by atoms with Gasteiger partial charge in [-0.25, -0.2) is 14.4 Å². The van der Waals surface area contributed by atoms with Crippen LogP contribution in [0.2, 0.25) is 5.02 Å². The Balaban J connectivity index is 1.41. The van der Waals surface area contributed by atoms with Gasteiger partial charge < -0.3 is 20.7 Å². The van der Waals surface area contributed by atoms with E-state index in [0.717, 1.165) is 0 Å². The minimum atomic E-state index is -0.329. The van der Waals surface area contributed by atoms with Gasteiger partial charge in [-0.05, 0) is 60.5 Å². The van der Waals surface area contributed by atoms with Crippen LogP contribution in [0.25, 0.3) is 10.9 Å². The average Bonchev–Trinajstić information content (AvgIpc) is 2.91. The normalized spacial score (nSPS) is 10.7. The number of hydrogen-bond donors (Lipinski definition) is 3. The monoisotopic (exact) mass is 555 g/mol. The quantitative estimate of drug-likeness (QED) is 0.159. The summed E-state index contributed by atoms with van der Waals surface area (Å²) >= 11 is 11.9. The molecule has 0 aliphatic heterocycles. The first-order valence-electron chi connectivity index (χ1n) is 11.7. The summed E-state index contributed by atoms with van der Waals surface area (Å²) in [6.45, 7) is 0.549. The molecule has 11 heteroatoms. The number of alkyl halides is 1. The van der Waals surface area contributed by atoms with Crippen LogP contribution in [0, 0.1) is 5.82 Å². The molecule has 1 heterocycles. The number of ether oxygens (including phenoxy) is 1. The molecule has 0 atom stereocenters. The molecule has 8 nitrogen and oxygen atoms in total. The SMILES string of the molecule is O=C(CCl)NCCCC(=O)Nc1ccc2ncnc(Nc3ccc(OCc4cccc(F)c4)c(Cl)c3)c2c1. The second-order valence-corrected chi connectivity index (χ2v) is 8.95. The summed E-state index contributed by atoms with van der Waals surface area (Å²) in [6, 6.07) is 16.7. The molecule has 0 radical (unpaired) electrons. The molecule has 2 amide bonds. The number of halogens is 3. The maximum Gasteiger partial charge on any atom is 0.234 e. The van der Waals surface area contributed by atoms with Crippen molar-refractivity contribution >= 4 is 63.1 Å². The van der Waals surface area contributed by atoms with E-state index in [0.29, 0.717) is 57.4 Å². The van der Waals surface area contributed by atoms with Crippen LogP contribution in [0.5, 0.6) is 5.75 Å². The highest BCUT2D eigenvalue weighted by atomic mass is 35.5. The summed E-state index contributed by atoms with van der Waals surface area (Å²) < 4.78 is 19.1. The van der Waals surface area contributed by atoms with E-state index in [9.17, 15) is 14.0 Å². The maximum atomic E-state index is 13.4. The summed E-state index contributed by atoms with van der Waals surface area (Å²) in [5.41, 5.74) is 2.63. The first-order valence-corrected chi connectivity index (χ1v) is 12.6. The van der Waals surface area contributed by atoms with Crippen molar-refractivity contribution in [2.75, 3.05) is 23.1 Å². The number of fused-ring (bicyclic) bond motifs is 1. The lowest BCUT2D eigenvalue weighted by molar-refractivity contribution is -0.119. The van der Waals surface area contributed by atoms with Crippen molar-refractivity contribution in [3.05, 3.63) is 83.4 Å². The molecule has 0 fully saturated rings. The Labute approximate surface area is 228 Å². The third-order valence-electron chi connectivity index (χ3n) is 5.42. The van der Waals surface area contributed by atoms with Crippen LogP contribution in [-0.2, 0) is 16.2 Å². The van der Waals surface area contributed by atoms with Gasteiger partial charge in [0.25, 0.3) is 0 Å². The summed E-state index contributed by atoms with van der Waals surface area (Å²) in [5, 5.41) is 9.78. The molecule has 3 aromatic carbocycles. The van der Waals surface area contributed by atoms with E-state index in [-0.39, 0.29) is 36.5 Å². The molecule has 0 saturated heterocycles. The lowest BCUT2D eigenvalue weighted by Crippen LogP contribution is -2.26. The average molecular weight is 556 g/mol. The minimum absolute atomic E-state index is 0.109. The van der Waals surface area contributed by atoms with Crippen LogP contribution < -0.4 is 20.7 Å².